The molecule has 0 amide bonds. The smallest absolute Gasteiger partial charge is 0.282 e. The van der Waals surface area contributed by atoms with Crippen molar-refractivity contribution in [2.24, 2.45) is 5.10 Å². The topological polar surface area (TPSA) is 109 Å². The first-order chi connectivity index (χ1) is 17.6. The quantitative estimate of drug-likeness (QED) is 0.158. The summed E-state index contributed by atoms with van der Waals surface area (Å²) < 4.78 is 13.6. The summed E-state index contributed by atoms with van der Waals surface area (Å²) in [4.78, 5) is 28.9. The Hall–Kier alpha value is -4.05. The summed E-state index contributed by atoms with van der Waals surface area (Å²) in [5, 5.41) is 16.1. The van der Waals surface area contributed by atoms with E-state index in [0.717, 1.165) is 4.47 Å². The van der Waals surface area contributed by atoms with Crippen LogP contribution in [0.25, 0.3) is 10.9 Å². The first kappa shape index (κ1) is 26.0. The third kappa shape index (κ3) is 5.69. The first-order valence-corrected chi connectivity index (χ1v) is 12.2. The van der Waals surface area contributed by atoms with Gasteiger partial charge < -0.3 is 9.47 Å². The minimum absolute atomic E-state index is 0.0209. The number of aromatic nitrogens is 2. The molecule has 0 fully saturated rings. The van der Waals surface area contributed by atoms with Crippen molar-refractivity contribution in [3.63, 3.8) is 0 Å². The van der Waals surface area contributed by atoms with Crippen LogP contribution in [0.1, 0.15) is 37.7 Å². The zero-order valence-corrected chi connectivity index (χ0v) is 22.4. The molecule has 3 aromatic carbocycles. The Bertz CT molecular complexity index is 1570. The van der Waals surface area contributed by atoms with Gasteiger partial charge in [-0.3, -0.25) is 14.9 Å². The second-order valence-electron chi connectivity index (χ2n) is 9.30. The number of para-hydroxylation sites is 1. The minimum atomic E-state index is -0.465. The van der Waals surface area contributed by atoms with Crippen LogP contribution in [0.4, 0.5) is 5.69 Å². The fourth-order valence-electron chi connectivity index (χ4n) is 3.73. The number of non-ortho nitro benzene ring substituents is 1. The van der Waals surface area contributed by atoms with Gasteiger partial charge in [0.25, 0.3) is 11.2 Å². The van der Waals surface area contributed by atoms with E-state index in [1.807, 2.05) is 26.8 Å². The molecule has 0 saturated carbocycles. The van der Waals surface area contributed by atoms with Gasteiger partial charge in [-0.05, 0) is 35.9 Å². The summed E-state index contributed by atoms with van der Waals surface area (Å²) in [6.07, 6.45) is 1.52. The molecule has 0 N–H and O–H groups in total. The van der Waals surface area contributed by atoms with Crippen molar-refractivity contribution >= 4 is 38.7 Å². The van der Waals surface area contributed by atoms with E-state index in [2.05, 4.69) is 21.0 Å². The Morgan fingerprint density at radius 2 is 1.89 bits per heavy atom. The lowest BCUT2D eigenvalue weighted by Crippen LogP contribution is -2.29. The van der Waals surface area contributed by atoms with Crippen LogP contribution >= 0.6 is 15.9 Å². The zero-order chi connectivity index (χ0) is 26.7. The van der Waals surface area contributed by atoms with E-state index in [4.69, 9.17) is 14.5 Å². The monoisotopic (exact) mass is 564 g/mol. The summed E-state index contributed by atoms with van der Waals surface area (Å²) in [5.41, 5.74) is 0.992. The number of fused-ring (bicyclic) bond motifs is 1. The van der Waals surface area contributed by atoms with Crippen LogP contribution in [0.3, 0.4) is 0 Å². The molecule has 37 heavy (non-hydrogen) atoms. The van der Waals surface area contributed by atoms with Gasteiger partial charge in [-0.25, -0.2) is 4.98 Å². The van der Waals surface area contributed by atoms with Crippen molar-refractivity contribution in [3.8, 4) is 11.5 Å². The summed E-state index contributed by atoms with van der Waals surface area (Å²) in [7, 11) is 1.52. The summed E-state index contributed by atoms with van der Waals surface area (Å²) in [5.74, 6) is 1.35. The number of nitro benzene ring substituents is 1. The summed E-state index contributed by atoms with van der Waals surface area (Å²) in [6.45, 7) is 5.96. The highest BCUT2D eigenvalue weighted by atomic mass is 79.9. The molecule has 1 aromatic heterocycles. The van der Waals surface area contributed by atoms with Crippen molar-refractivity contribution in [2.45, 2.75) is 32.8 Å². The molecule has 4 rings (SSSR count). The first-order valence-electron chi connectivity index (χ1n) is 11.4. The average molecular weight is 565 g/mol. The van der Waals surface area contributed by atoms with E-state index in [-0.39, 0.29) is 17.9 Å². The normalized spacial score (nSPS) is 11.7. The summed E-state index contributed by atoms with van der Waals surface area (Å²) >= 11 is 3.42. The molecular weight excluding hydrogens is 540 g/mol. The molecule has 4 aromatic rings. The molecular formula is C27H25BrN4O5. The zero-order valence-electron chi connectivity index (χ0n) is 20.8. The van der Waals surface area contributed by atoms with Crippen molar-refractivity contribution in [1.29, 1.82) is 0 Å². The van der Waals surface area contributed by atoms with Crippen LogP contribution in [-0.2, 0) is 12.0 Å². The van der Waals surface area contributed by atoms with Crippen LogP contribution in [0.2, 0.25) is 0 Å². The van der Waals surface area contributed by atoms with Crippen LogP contribution < -0.4 is 15.0 Å². The van der Waals surface area contributed by atoms with Gasteiger partial charge in [0, 0.05) is 27.6 Å². The Morgan fingerprint density at radius 1 is 1.14 bits per heavy atom. The Balaban J connectivity index is 1.77. The van der Waals surface area contributed by atoms with Gasteiger partial charge in [-0.15, -0.1) is 0 Å². The van der Waals surface area contributed by atoms with Gasteiger partial charge in [0.1, 0.15) is 12.4 Å². The van der Waals surface area contributed by atoms with Crippen LogP contribution in [0, 0.1) is 10.1 Å². The molecule has 0 unspecified atom stereocenters. The number of halogens is 1. The predicted octanol–water partition coefficient (Wildman–Crippen LogP) is 5.83. The minimum Gasteiger partial charge on any atom is -0.493 e. The molecule has 0 saturated heterocycles. The van der Waals surface area contributed by atoms with E-state index in [1.165, 1.54) is 30.1 Å². The Kier molecular flexibility index (Phi) is 7.40. The molecule has 0 aliphatic carbocycles. The van der Waals surface area contributed by atoms with E-state index >= 15 is 0 Å². The van der Waals surface area contributed by atoms with Crippen molar-refractivity contribution in [1.82, 2.24) is 9.66 Å². The maximum Gasteiger partial charge on any atom is 0.282 e. The van der Waals surface area contributed by atoms with Gasteiger partial charge in [0.05, 0.1) is 29.2 Å². The third-order valence-corrected chi connectivity index (χ3v) is 6.02. The highest BCUT2D eigenvalue weighted by Gasteiger charge is 2.23. The van der Waals surface area contributed by atoms with Gasteiger partial charge in [-0.1, -0.05) is 54.9 Å². The molecule has 0 bridgehead atoms. The van der Waals surface area contributed by atoms with Gasteiger partial charge in [0.2, 0.25) is 0 Å². The lowest BCUT2D eigenvalue weighted by Gasteiger charge is -2.21. The molecule has 1 heterocycles. The average Bonchev–Trinajstić information content (AvgIpc) is 2.86. The van der Waals surface area contributed by atoms with Gasteiger partial charge in [-0.2, -0.15) is 9.78 Å². The number of methoxy groups -OCH3 is 1. The molecule has 0 aliphatic rings. The van der Waals surface area contributed by atoms with Crippen molar-refractivity contribution < 1.29 is 14.4 Å². The van der Waals surface area contributed by atoms with Crippen LogP contribution in [0.5, 0.6) is 11.5 Å². The fourth-order valence-corrected chi connectivity index (χ4v) is 4.09. The van der Waals surface area contributed by atoms with E-state index in [0.29, 0.717) is 39.4 Å². The molecule has 0 spiro atoms. The second kappa shape index (κ2) is 10.5. The molecule has 0 atom stereocenters. The fraction of sp³-hybridized carbons (Fsp3) is 0.222. The second-order valence-corrected chi connectivity index (χ2v) is 10.2. The van der Waals surface area contributed by atoms with Crippen molar-refractivity contribution in [3.05, 3.63) is 103 Å². The SMILES string of the molecule is COc1cccc(C=Nn2c(C(C)(C)C)nc3ccc(Br)cc3c2=O)c1OCc1cccc([N+](=O)[O-])c1. The Labute approximate surface area is 221 Å². The highest BCUT2D eigenvalue weighted by Crippen LogP contribution is 2.31. The molecule has 9 nitrogen and oxygen atoms in total. The molecule has 0 radical (unpaired) electrons. The lowest BCUT2D eigenvalue weighted by atomic mass is 9.95. The maximum atomic E-state index is 13.5. The number of nitro groups is 1. The van der Waals surface area contributed by atoms with E-state index in [9.17, 15) is 14.9 Å². The lowest BCUT2D eigenvalue weighted by molar-refractivity contribution is -0.384. The summed E-state index contributed by atoms with van der Waals surface area (Å²) in [6, 6.07) is 16.9. The number of hydrogen-bond acceptors (Lipinski definition) is 7. The molecule has 190 valence electrons. The largest absolute Gasteiger partial charge is 0.493 e. The third-order valence-electron chi connectivity index (χ3n) is 5.53. The number of rotatable bonds is 7. The maximum absolute atomic E-state index is 13.5. The standard InChI is InChI=1S/C27H25BrN4O5/c1-27(2,3)26-30-22-12-11-19(28)14-21(22)25(33)31(26)29-15-18-8-6-10-23(36-4)24(18)37-16-17-7-5-9-20(13-17)32(34)35/h5-15H,16H2,1-4H3. The predicted molar refractivity (Wildman–Crippen MR) is 146 cm³/mol. The molecule has 10 heteroatoms. The van der Waals surface area contributed by atoms with Gasteiger partial charge >= 0.3 is 0 Å². The van der Waals surface area contributed by atoms with E-state index in [1.54, 1.807) is 42.5 Å². The van der Waals surface area contributed by atoms with Crippen LogP contribution in [0.15, 0.2) is 75.0 Å². The Morgan fingerprint density at radius 3 is 2.59 bits per heavy atom. The molecule has 0 aliphatic heterocycles. The highest BCUT2D eigenvalue weighted by molar-refractivity contribution is 9.10. The van der Waals surface area contributed by atoms with Gasteiger partial charge in [0.15, 0.2) is 11.5 Å². The van der Waals surface area contributed by atoms with Crippen molar-refractivity contribution in [2.75, 3.05) is 7.11 Å². The number of hydrogen-bond donors (Lipinski definition) is 0. The number of benzene rings is 3. The number of nitrogens with zero attached hydrogens (tertiary/aromatic N) is 4. The van der Waals surface area contributed by atoms with E-state index < -0.39 is 10.3 Å². The van der Waals surface area contributed by atoms with Crippen LogP contribution in [-0.4, -0.2) is 27.9 Å². The number of ether oxygens (including phenoxy) is 2.